The summed E-state index contributed by atoms with van der Waals surface area (Å²) in [6, 6.07) is 0. The number of allylic oxidation sites excluding steroid dienone is 10. The summed E-state index contributed by atoms with van der Waals surface area (Å²) >= 11 is 22.0. The number of ketones is 5. The second-order valence-corrected chi connectivity index (χ2v) is 49.6. The molecule has 0 aromatic rings. The van der Waals surface area contributed by atoms with Crippen LogP contribution in [0.15, 0.2) is 60.3 Å². The smallest absolute Gasteiger partial charge is 0.373 e. The first-order valence-corrected chi connectivity index (χ1v) is 59.8. The molecule has 29 rings (SSSR count). The number of esters is 1. The second-order valence-electron chi connectivity index (χ2n) is 45.2. The molecule has 1 N–H and O–H groups in total. The fourth-order valence-electron chi connectivity index (χ4n) is 34.6. The van der Waals surface area contributed by atoms with E-state index in [2.05, 4.69) is 141 Å². The standard InChI is InChI=1S/C14H21NO4.C12H18.C11H17BrO3.C11H15BrO3.C11H15BrO2.2C11H14O3.C9H11BrO.C9H12O.C5H6.C4H6BrClO.CO2/c1-2-19-13(16)7-14(8-15(17)18)11-4-3-9-5-10(11)12(14)6-9;1-2-3-9-10-5-4-8-6-11(9)12(10)7-8;2*12-4-3-8-10-7(1-2-9(10)13)11(8)14-5-6-15-11;12-5-4-10-8-2-1-3-9(8)11(10)13-6-7-14-11;2*12-10-6-1-2-7-9(10)8(5-6)11(7)13-3-4-14-11;10-5-4-8-6-2-1-3-7(6)9(8)11;10-9-6-2-1-5-3-7(6)8(9)4-5;1-2-4-5-3-1;5-3-1-2-4(6)7;2-1-3/h9-12H,2-8H2,1H3;3,8,10-12H,2,4-7H2,1H3;7-10,13H,1-6H2;7-8,10H,1-6H2;1-2,8-10H,3-7H2;2*6-9H,1-5H2;1-2,6-8H,3-5H2;5-8H,1-4H2;1-4H,5H2;1-3H2;/t9-,10-,11+,12-,14-;8-,10+,11-,12+;7-,8+,9?,10+;7-,8+,10+;8-,9+,10-;2*6-,7-,8+,9?;6-,7+,8-;5-,6+,7-,8-;;;/m101100001.../s1. The number of aliphatic hydroxyl groups excluding tert-OH is 1. The van der Waals surface area contributed by atoms with Gasteiger partial charge in [-0.1, -0.05) is 153 Å². The molecule has 770 valence electrons. The van der Waals surface area contributed by atoms with Crippen LogP contribution in [0.4, 0.5) is 0 Å². The van der Waals surface area contributed by atoms with Gasteiger partial charge in [-0.25, -0.2) is 0 Å². The Kier molecular flexibility index (Phi) is 35.1. The van der Waals surface area contributed by atoms with Crippen LogP contribution in [-0.2, 0) is 95.3 Å². The maximum Gasteiger partial charge on any atom is 0.373 e. The summed E-state index contributed by atoms with van der Waals surface area (Å²) in [5.74, 6) is 18.4. The van der Waals surface area contributed by atoms with Crippen molar-refractivity contribution >= 4 is 138 Å². The third-order valence-corrected chi connectivity index (χ3v) is 42.4. The molecule has 24 nitrogen and oxygen atoms in total. The Hall–Kier alpha value is -2.78. The van der Waals surface area contributed by atoms with Crippen LogP contribution in [0.3, 0.4) is 0 Å². The molecule has 3 unspecified atom stereocenters. The normalized spacial score (nSPS) is 43.2. The monoisotopic (exact) mass is 2270 g/mol. The van der Waals surface area contributed by atoms with Crippen LogP contribution in [0.25, 0.3) is 0 Å². The predicted molar refractivity (Wildman–Crippen MR) is 534 cm³/mol. The Morgan fingerprint density at radius 2 is 0.971 bits per heavy atom. The molecular formula is C109H149Br5ClNO23. The molecule has 29 aliphatic rings. The Bertz CT molecular complexity index is 4430. The van der Waals surface area contributed by atoms with Gasteiger partial charge in [-0.05, 0) is 276 Å². The molecule has 30 heteroatoms. The summed E-state index contributed by atoms with van der Waals surface area (Å²) in [6.45, 7) is 11.6. The number of hydrogen-bond acceptors (Lipinski definition) is 23. The molecule has 0 amide bonds. The van der Waals surface area contributed by atoms with Gasteiger partial charge in [-0.15, -0.1) is 0 Å². The first-order valence-electron chi connectivity index (χ1n) is 53.8. The van der Waals surface area contributed by atoms with Crippen LogP contribution in [-0.4, -0.2) is 197 Å². The van der Waals surface area contributed by atoms with Crippen molar-refractivity contribution in [1.82, 2.24) is 0 Å². The molecule has 5 spiro atoms. The second kappa shape index (κ2) is 46.0. The van der Waals surface area contributed by atoms with E-state index in [1.807, 2.05) is 5.57 Å². The third kappa shape index (κ3) is 19.6. The maximum absolute atomic E-state index is 11.9. The molecular weight excluding hydrogens is 2130 g/mol. The molecule has 0 aromatic heterocycles. The van der Waals surface area contributed by atoms with Crippen LogP contribution in [0.2, 0.25) is 0 Å². The Labute approximate surface area is 867 Å². The Morgan fingerprint density at radius 3 is 1.51 bits per heavy atom. The molecule has 26 fully saturated rings. The van der Waals surface area contributed by atoms with Crippen molar-refractivity contribution in [2.75, 3.05) is 106 Å². The fourth-order valence-corrected chi connectivity index (χ4v) is 37.0. The third-order valence-electron chi connectivity index (χ3n) is 39.8. The van der Waals surface area contributed by atoms with E-state index in [9.17, 15) is 48.8 Å². The highest BCUT2D eigenvalue weighted by Crippen LogP contribution is 2.73. The lowest BCUT2D eigenvalue weighted by Gasteiger charge is -2.57. The van der Waals surface area contributed by atoms with Gasteiger partial charge in [0.05, 0.1) is 90.6 Å². The SMILES string of the molecule is BrCC[C@H]1[C@H]2C=CC[C@H]2C12OCCO2.C1=CCC=C1.CCC=C1[C@H]2CC[C@@H]3C[C@H]2[C@H]1C3.CCOC(=O)C[C@]1(C[N+](=O)[O-])[C@@H]2C[C@@H]3CC[C@H]1[C@H]2C3.O=C(Cl)CCCBr.O=C1C2[C@H]3C[C@@H]1CC[C@@H]2C31OCCO1.O=C1C2[C@H]3C[C@@H]1CC[C@@H]2C31OCCO1.O=C1CC[C@@H]2[C@H]1[C@H](CCBr)C21OCCO1.O=C1[C@@H](CCBr)[C@H]2C=CC[C@@H]12.O=C1[C@H]2CC[C@@H]3C[C@H]2[C@H]1C3.O=C=O.OC1CC[C@@H]2[C@H]1[C@H](CCBr)C21OCCO1. The van der Waals surface area contributed by atoms with Crippen molar-refractivity contribution in [3.05, 3.63) is 70.4 Å². The van der Waals surface area contributed by atoms with E-state index in [0.29, 0.717) is 197 Å². The van der Waals surface area contributed by atoms with E-state index >= 15 is 0 Å². The number of carbonyl (C=O) groups is 7. The molecule has 10 bridgehead atoms. The van der Waals surface area contributed by atoms with E-state index in [1.165, 1.54) is 51.4 Å². The van der Waals surface area contributed by atoms with Gasteiger partial charge < -0.3 is 57.2 Å². The van der Waals surface area contributed by atoms with Crippen LogP contribution in [0, 0.1) is 205 Å². The number of aliphatic hydroxyl groups is 1. The van der Waals surface area contributed by atoms with Gasteiger partial charge >= 0.3 is 12.1 Å². The number of nitrogens with zero attached hydrogens (tertiary/aromatic N) is 1. The summed E-state index contributed by atoms with van der Waals surface area (Å²) in [4.78, 5) is 107. The molecule has 24 aliphatic carbocycles. The van der Waals surface area contributed by atoms with Crippen molar-refractivity contribution in [3.8, 4) is 0 Å². The van der Waals surface area contributed by atoms with Crippen LogP contribution < -0.4 is 0 Å². The van der Waals surface area contributed by atoms with Gasteiger partial charge in [0.25, 0.3) is 0 Å². The number of fused-ring (bicyclic) bond motifs is 16. The van der Waals surface area contributed by atoms with E-state index in [4.69, 9.17) is 73.3 Å². The highest BCUT2D eigenvalue weighted by Gasteiger charge is 2.77. The van der Waals surface area contributed by atoms with Crippen LogP contribution >= 0.6 is 91.3 Å². The van der Waals surface area contributed by atoms with Crippen molar-refractivity contribution in [2.45, 2.75) is 261 Å². The van der Waals surface area contributed by atoms with Gasteiger partial charge in [-0.2, -0.15) is 9.59 Å². The fraction of sp³-hybridized carbons (Fsp3) is 0.835. The number of nitro groups is 1. The first-order chi connectivity index (χ1) is 67.5. The molecule has 0 aromatic carbocycles. The summed E-state index contributed by atoms with van der Waals surface area (Å²) < 4.78 is 63.3. The minimum absolute atomic E-state index is 0.0512. The number of carbonyl (C=O) groups excluding carboxylic acids is 9. The van der Waals surface area contributed by atoms with Crippen LogP contribution in [0.1, 0.15) is 226 Å². The van der Waals surface area contributed by atoms with Gasteiger partial charge in [0, 0.05) is 163 Å². The molecule has 0 radical (unpaired) electrons. The first kappa shape index (κ1) is 106. The number of ether oxygens (including phenoxy) is 11. The van der Waals surface area contributed by atoms with E-state index in [-0.39, 0.29) is 76.2 Å². The number of alkyl halides is 5. The zero-order valence-corrected chi connectivity index (χ0v) is 89.9. The number of halogens is 6. The molecule has 34 atom stereocenters. The lowest BCUT2D eigenvalue weighted by molar-refractivity contribution is -0.511. The molecule has 5 heterocycles. The summed E-state index contributed by atoms with van der Waals surface area (Å²) in [7, 11) is 0. The molecule has 21 saturated carbocycles. The van der Waals surface area contributed by atoms with E-state index in [0.717, 1.165) is 249 Å². The van der Waals surface area contributed by atoms with E-state index in [1.54, 1.807) is 26.2 Å². The highest BCUT2D eigenvalue weighted by molar-refractivity contribution is 9.09. The average molecular weight is 2280 g/mol. The molecule has 139 heavy (non-hydrogen) atoms. The van der Waals surface area contributed by atoms with Crippen molar-refractivity contribution in [2.24, 2.45) is 195 Å². The van der Waals surface area contributed by atoms with E-state index < -0.39 is 5.41 Å². The average Bonchev–Trinajstić information content (AvgIpc) is 1.51. The lowest BCUT2D eigenvalue weighted by Crippen LogP contribution is -2.63. The van der Waals surface area contributed by atoms with Gasteiger partial charge in [0.1, 0.15) is 28.9 Å². The zero-order valence-electron chi connectivity index (χ0n) is 81.2. The van der Waals surface area contributed by atoms with Crippen molar-refractivity contribution in [3.63, 3.8) is 0 Å². The number of hydrogen-bond donors (Lipinski definition) is 1. The summed E-state index contributed by atoms with van der Waals surface area (Å²) in [5.41, 5.74) is 1.47. The van der Waals surface area contributed by atoms with Crippen LogP contribution in [0.5, 0.6) is 0 Å². The van der Waals surface area contributed by atoms with Gasteiger partial charge in [0.15, 0.2) is 28.9 Å². The highest BCUT2D eigenvalue weighted by atomic mass is 79.9. The maximum atomic E-state index is 11.9. The largest absolute Gasteiger partial charge is 0.466 e. The van der Waals surface area contributed by atoms with Crippen molar-refractivity contribution < 1.29 is 105 Å². The molecule has 5 saturated heterocycles. The Morgan fingerprint density at radius 1 is 0.482 bits per heavy atom. The zero-order chi connectivity index (χ0) is 97.5. The van der Waals surface area contributed by atoms with Gasteiger partial charge in [0.2, 0.25) is 11.8 Å². The summed E-state index contributed by atoms with van der Waals surface area (Å²) in [5, 5.41) is 25.5. The summed E-state index contributed by atoms with van der Waals surface area (Å²) in [6.07, 6.45) is 56.5. The minimum Gasteiger partial charge on any atom is -0.466 e. The Balaban J connectivity index is 0.000000102. The van der Waals surface area contributed by atoms with Gasteiger partial charge in [-0.3, -0.25) is 43.7 Å². The topological polar surface area (TPSA) is 319 Å². The quantitative estimate of drug-likeness (QED) is 0.0353. The lowest BCUT2D eigenvalue weighted by atomic mass is 9.45. The predicted octanol–water partition coefficient (Wildman–Crippen LogP) is 19.8. The van der Waals surface area contributed by atoms with Crippen molar-refractivity contribution in [1.29, 1.82) is 0 Å². The minimum atomic E-state index is -0.397. The number of rotatable bonds is 17. The number of Topliss-reactive ketones (excluding diaryl/α,β-unsaturated/α-hetero) is 5. The molecule has 5 aliphatic heterocycles.